The van der Waals surface area contributed by atoms with E-state index >= 15 is 0 Å². The zero-order valence-corrected chi connectivity index (χ0v) is 17.9. The highest BCUT2D eigenvalue weighted by atomic mass is 19.1. The molecular formula is C24H16FN7O3. The third-order valence-electron chi connectivity index (χ3n) is 5.08. The van der Waals surface area contributed by atoms with Gasteiger partial charge in [-0.05, 0) is 59.0 Å². The molecule has 2 aromatic heterocycles. The van der Waals surface area contributed by atoms with Gasteiger partial charge in [-0.15, -0.1) is 5.10 Å². The van der Waals surface area contributed by atoms with Crippen LogP contribution in [-0.4, -0.2) is 37.0 Å². The summed E-state index contributed by atoms with van der Waals surface area (Å²) in [5, 5.41) is 10.9. The van der Waals surface area contributed by atoms with E-state index in [4.69, 9.17) is 4.42 Å². The number of rotatable bonds is 5. The second-order valence-electron chi connectivity index (χ2n) is 7.26. The standard InChI is InChI=1S/C24H16FN7O3/c25-20-8-4-3-7-19(20)21-13-26-24(35-21)18-6-2-1-5-17(18)23(34)29-28-22(33)15-9-11-16(12-10-15)32-14-27-30-31-32/h1-14H,(H,28,33)(H,29,34). The van der Waals surface area contributed by atoms with Crippen LogP contribution in [0.4, 0.5) is 4.39 Å². The van der Waals surface area contributed by atoms with Gasteiger partial charge in [-0.3, -0.25) is 20.4 Å². The van der Waals surface area contributed by atoms with Gasteiger partial charge in [0.25, 0.3) is 11.8 Å². The Kier molecular flexibility index (Phi) is 5.78. The zero-order valence-electron chi connectivity index (χ0n) is 17.9. The molecule has 0 aliphatic carbocycles. The van der Waals surface area contributed by atoms with Crippen LogP contribution in [0.3, 0.4) is 0 Å². The maximum Gasteiger partial charge on any atom is 0.270 e. The number of tetrazole rings is 1. The fraction of sp³-hybridized carbons (Fsp3) is 0. The van der Waals surface area contributed by atoms with Crippen molar-refractivity contribution in [3.8, 4) is 28.5 Å². The Morgan fingerprint density at radius 3 is 2.31 bits per heavy atom. The maximum atomic E-state index is 14.1. The van der Waals surface area contributed by atoms with Crippen LogP contribution < -0.4 is 10.9 Å². The Hall–Kier alpha value is -5.19. The second-order valence-corrected chi connectivity index (χ2v) is 7.26. The molecule has 172 valence electrons. The molecule has 5 aromatic rings. The van der Waals surface area contributed by atoms with E-state index in [9.17, 15) is 14.0 Å². The summed E-state index contributed by atoms with van der Waals surface area (Å²) in [6, 6.07) is 19.2. The number of carbonyl (C=O) groups excluding carboxylic acids is 2. The molecule has 35 heavy (non-hydrogen) atoms. The van der Waals surface area contributed by atoms with Crippen LogP contribution in [0.15, 0.2) is 89.7 Å². The molecule has 0 radical (unpaired) electrons. The predicted molar refractivity (Wildman–Crippen MR) is 121 cm³/mol. The van der Waals surface area contributed by atoms with Crippen LogP contribution in [0.2, 0.25) is 0 Å². The van der Waals surface area contributed by atoms with E-state index in [-0.39, 0.29) is 22.8 Å². The van der Waals surface area contributed by atoms with Crippen LogP contribution in [0.1, 0.15) is 20.7 Å². The number of amides is 2. The Bertz CT molecular complexity index is 1500. The van der Waals surface area contributed by atoms with Gasteiger partial charge < -0.3 is 4.42 Å². The van der Waals surface area contributed by atoms with Gasteiger partial charge in [0.2, 0.25) is 5.89 Å². The molecule has 0 aliphatic heterocycles. The fourth-order valence-corrected chi connectivity index (χ4v) is 3.35. The molecule has 2 heterocycles. The van der Waals surface area contributed by atoms with Gasteiger partial charge in [-0.2, -0.15) is 0 Å². The summed E-state index contributed by atoms with van der Waals surface area (Å²) in [7, 11) is 0. The highest BCUT2D eigenvalue weighted by molar-refractivity contribution is 6.02. The van der Waals surface area contributed by atoms with E-state index in [1.807, 2.05) is 0 Å². The van der Waals surface area contributed by atoms with Crippen LogP contribution >= 0.6 is 0 Å². The normalized spacial score (nSPS) is 10.7. The number of nitrogens with zero attached hydrogens (tertiary/aromatic N) is 5. The third kappa shape index (κ3) is 4.50. The van der Waals surface area contributed by atoms with E-state index in [0.717, 1.165) is 0 Å². The minimum Gasteiger partial charge on any atom is -0.436 e. The number of carbonyl (C=O) groups is 2. The van der Waals surface area contributed by atoms with Gasteiger partial charge in [0.1, 0.15) is 12.1 Å². The number of hydrazine groups is 1. The van der Waals surface area contributed by atoms with Gasteiger partial charge in [-0.1, -0.05) is 24.3 Å². The summed E-state index contributed by atoms with van der Waals surface area (Å²) in [6.45, 7) is 0. The van der Waals surface area contributed by atoms with Crippen molar-refractivity contribution in [2.24, 2.45) is 0 Å². The van der Waals surface area contributed by atoms with Crippen molar-refractivity contribution >= 4 is 11.8 Å². The summed E-state index contributed by atoms with van der Waals surface area (Å²) in [5.41, 5.74) is 6.61. The lowest BCUT2D eigenvalue weighted by Gasteiger charge is -2.10. The molecule has 0 spiro atoms. The summed E-state index contributed by atoms with van der Waals surface area (Å²) >= 11 is 0. The first-order valence-electron chi connectivity index (χ1n) is 10.3. The summed E-state index contributed by atoms with van der Waals surface area (Å²) < 4.78 is 21.3. The number of halogens is 1. The average Bonchev–Trinajstić information content (AvgIpc) is 3.60. The molecule has 0 unspecified atom stereocenters. The SMILES string of the molecule is O=C(NNC(=O)c1ccccc1-c1ncc(-c2ccccc2F)o1)c1ccc(-n2cnnn2)cc1. The van der Waals surface area contributed by atoms with Crippen LogP contribution in [0.5, 0.6) is 0 Å². The third-order valence-corrected chi connectivity index (χ3v) is 5.08. The Balaban J connectivity index is 1.30. The lowest BCUT2D eigenvalue weighted by molar-refractivity contribution is 0.0847. The van der Waals surface area contributed by atoms with Crippen molar-refractivity contribution in [3.05, 3.63) is 102 Å². The largest absolute Gasteiger partial charge is 0.436 e. The lowest BCUT2D eigenvalue weighted by Crippen LogP contribution is -2.41. The van der Waals surface area contributed by atoms with E-state index in [0.29, 0.717) is 16.8 Å². The van der Waals surface area contributed by atoms with Crippen molar-refractivity contribution in [3.63, 3.8) is 0 Å². The van der Waals surface area contributed by atoms with Gasteiger partial charge in [0, 0.05) is 11.1 Å². The molecule has 11 heteroatoms. The van der Waals surface area contributed by atoms with Crippen LogP contribution in [0, 0.1) is 5.82 Å². The first-order chi connectivity index (χ1) is 17.1. The molecule has 2 amide bonds. The summed E-state index contributed by atoms with van der Waals surface area (Å²) in [6.07, 6.45) is 2.82. The van der Waals surface area contributed by atoms with Gasteiger partial charge in [-0.25, -0.2) is 14.1 Å². The maximum absolute atomic E-state index is 14.1. The van der Waals surface area contributed by atoms with Crippen LogP contribution in [-0.2, 0) is 0 Å². The quantitative estimate of drug-likeness (QED) is 0.378. The highest BCUT2D eigenvalue weighted by Gasteiger charge is 2.18. The molecule has 0 aliphatic rings. The van der Waals surface area contributed by atoms with Crippen molar-refractivity contribution in [1.29, 1.82) is 0 Å². The average molecular weight is 469 g/mol. The Morgan fingerprint density at radius 1 is 0.857 bits per heavy atom. The molecule has 0 bridgehead atoms. The van der Waals surface area contributed by atoms with Crippen molar-refractivity contribution in [1.82, 2.24) is 36.0 Å². The van der Waals surface area contributed by atoms with E-state index in [1.54, 1.807) is 66.7 Å². The number of benzene rings is 3. The molecule has 0 atom stereocenters. The molecule has 0 saturated heterocycles. The molecule has 3 aromatic carbocycles. The topological polar surface area (TPSA) is 128 Å². The molecule has 0 fully saturated rings. The predicted octanol–water partition coefficient (Wildman–Crippen LogP) is 3.20. The number of nitrogens with one attached hydrogen (secondary N) is 2. The smallest absolute Gasteiger partial charge is 0.270 e. The number of oxazole rings is 1. The number of aromatic nitrogens is 5. The fourth-order valence-electron chi connectivity index (χ4n) is 3.35. The van der Waals surface area contributed by atoms with E-state index in [2.05, 4.69) is 31.4 Å². The first-order valence-corrected chi connectivity index (χ1v) is 10.3. The van der Waals surface area contributed by atoms with Gasteiger partial charge in [0.05, 0.1) is 23.0 Å². The summed E-state index contributed by atoms with van der Waals surface area (Å²) in [4.78, 5) is 29.5. The molecular weight excluding hydrogens is 453 g/mol. The monoisotopic (exact) mass is 469 g/mol. The van der Waals surface area contributed by atoms with Crippen molar-refractivity contribution < 1.29 is 18.4 Å². The van der Waals surface area contributed by atoms with Gasteiger partial charge in [0.15, 0.2) is 5.76 Å². The van der Waals surface area contributed by atoms with E-state index < -0.39 is 17.6 Å². The Labute approximate surface area is 197 Å². The molecule has 10 nitrogen and oxygen atoms in total. The lowest BCUT2D eigenvalue weighted by atomic mass is 10.1. The number of hydrogen-bond donors (Lipinski definition) is 2. The van der Waals surface area contributed by atoms with E-state index in [1.165, 1.54) is 23.3 Å². The van der Waals surface area contributed by atoms with Crippen LogP contribution in [0.25, 0.3) is 28.5 Å². The minimum atomic E-state index is -0.579. The summed E-state index contributed by atoms with van der Waals surface area (Å²) in [5.74, 6) is -1.18. The molecule has 5 rings (SSSR count). The van der Waals surface area contributed by atoms with Crippen molar-refractivity contribution in [2.45, 2.75) is 0 Å². The van der Waals surface area contributed by atoms with Gasteiger partial charge >= 0.3 is 0 Å². The highest BCUT2D eigenvalue weighted by Crippen LogP contribution is 2.29. The second kappa shape index (κ2) is 9.35. The van der Waals surface area contributed by atoms with Crippen molar-refractivity contribution in [2.75, 3.05) is 0 Å². The molecule has 0 saturated carbocycles. The Morgan fingerprint density at radius 2 is 1.57 bits per heavy atom. The number of hydrogen-bond acceptors (Lipinski definition) is 7. The first kappa shape index (κ1) is 21.6. The minimum absolute atomic E-state index is 0.138. The molecule has 2 N–H and O–H groups in total. The zero-order chi connectivity index (χ0) is 24.2.